The summed E-state index contributed by atoms with van der Waals surface area (Å²) in [5.41, 5.74) is 1.18. The van der Waals surface area contributed by atoms with E-state index in [4.69, 9.17) is 0 Å². The predicted octanol–water partition coefficient (Wildman–Crippen LogP) is 2.45. The fraction of sp³-hybridized carbons (Fsp3) is 0.500. The van der Waals surface area contributed by atoms with E-state index in [1.165, 1.54) is 24.0 Å². The highest BCUT2D eigenvalue weighted by atomic mass is 32.2. The number of hydrogen-bond donors (Lipinski definition) is 0. The third-order valence-electron chi connectivity index (χ3n) is 2.84. The van der Waals surface area contributed by atoms with Crippen LogP contribution in [0.2, 0.25) is 0 Å². The van der Waals surface area contributed by atoms with Gasteiger partial charge in [-0.3, -0.25) is 0 Å². The van der Waals surface area contributed by atoms with Crippen LogP contribution in [0.25, 0.3) is 0 Å². The summed E-state index contributed by atoms with van der Waals surface area (Å²) in [5, 5.41) is 0. The van der Waals surface area contributed by atoms with Gasteiger partial charge in [0, 0.05) is 14.1 Å². The summed E-state index contributed by atoms with van der Waals surface area (Å²) in [6.45, 7) is 4.25. The Morgan fingerprint density at radius 3 is 2.06 bits per heavy atom. The van der Waals surface area contributed by atoms with Gasteiger partial charge in [0.05, 0.1) is 4.90 Å². The lowest BCUT2D eigenvalue weighted by molar-refractivity contribution is 0.520. The van der Waals surface area contributed by atoms with Gasteiger partial charge in [-0.1, -0.05) is 26.0 Å². The van der Waals surface area contributed by atoms with Gasteiger partial charge in [-0.2, -0.15) is 0 Å². The lowest BCUT2D eigenvalue weighted by Gasteiger charge is -2.13. The minimum absolute atomic E-state index is 0.351. The molecule has 0 saturated carbocycles. The highest BCUT2D eigenvalue weighted by Gasteiger charge is 2.16. The first-order chi connectivity index (χ1) is 7.39. The molecule has 0 aliphatic carbocycles. The van der Waals surface area contributed by atoms with Crippen LogP contribution in [-0.2, 0) is 10.0 Å². The zero-order valence-corrected chi connectivity index (χ0v) is 11.1. The summed E-state index contributed by atoms with van der Waals surface area (Å²) in [7, 11) is -0.214. The van der Waals surface area contributed by atoms with E-state index in [0.717, 1.165) is 6.42 Å². The van der Waals surface area contributed by atoms with Gasteiger partial charge in [0.2, 0.25) is 10.0 Å². The molecular formula is C12H19NO2S. The molecular weight excluding hydrogens is 222 g/mol. The van der Waals surface area contributed by atoms with Crippen LogP contribution in [0, 0.1) is 0 Å². The number of sulfonamides is 1. The van der Waals surface area contributed by atoms with Crippen LogP contribution in [0.15, 0.2) is 29.2 Å². The van der Waals surface area contributed by atoms with Crippen LogP contribution < -0.4 is 0 Å². The molecule has 4 heteroatoms. The van der Waals surface area contributed by atoms with Gasteiger partial charge in [-0.25, -0.2) is 12.7 Å². The number of nitrogens with zero attached hydrogens (tertiary/aromatic N) is 1. The van der Waals surface area contributed by atoms with E-state index in [2.05, 4.69) is 13.8 Å². The van der Waals surface area contributed by atoms with Crippen molar-refractivity contribution < 1.29 is 8.42 Å². The van der Waals surface area contributed by atoms with Crippen molar-refractivity contribution in [3.8, 4) is 0 Å². The van der Waals surface area contributed by atoms with E-state index in [1.807, 2.05) is 12.1 Å². The summed E-state index contributed by atoms with van der Waals surface area (Å²) < 4.78 is 24.8. The Balaban J connectivity index is 3.05. The normalized spacial score (nSPS) is 14.1. The van der Waals surface area contributed by atoms with E-state index in [1.54, 1.807) is 12.1 Å². The van der Waals surface area contributed by atoms with Gasteiger partial charge in [-0.15, -0.1) is 0 Å². The second-order valence-electron chi connectivity index (χ2n) is 4.17. The molecule has 16 heavy (non-hydrogen) atoms. The summed E-state index contributed by atoms with van der Waals surface area (Å²) in [4.78, 5) is 0.351. The summed E-state index contributed by atoms with van der Waals surface area (Å²) >= 11 is 0. The van der Waals surface area contributed by atoms with Crippen molar-refractivity contribution in [2.45, 2.75) is 31.1 Å². The van der Waals surface area contributed by atoms with Crippen molar-refractivity contribution in [3.63, 3.8) is 0 Å². The van der Waals surface area contributed by atoms with E-state index < -0.39 is 10.0 Å². The van der Waals surface area contributed by atoms with E-state index in [9.17, 15) is 8.42 Å². The molecule has 0 fully saturated rings. The molecule has 0 amide bonds. The molecule has 0 saturated heterocycles. The molecule has 1 aromatic rings. The molecule has 3 nitrogen and oxygen atoms in total. The van der Waals surface area contributed by atoms with E-state index >= 15 is 0 Å². The first-order valence-corrected chi connectivity index (χ1v) is 6.86. The first kappa shape index (κ1) is 13.2. The van der Waals surface area contributed by atoms with Gasteiger partial charge < -0.3 is 0 Å². The zero-order chi connectivity index (χ0) is 12.3. The highest BCUT2D eigenvalue weighted by Crippen LogP contribution is 2.21. The maximum Gasteiger partial charge on any atom is 0.242 e. The molecule has 1 atom stereocenters. The van der Waals surface area contributed by atoms with E-state index in [-0.39, 0.29) is 0 Å². The summed E-state index contributed by atoms with van der Waals surface area (Å²) in [6, 6.07) is 7.14. The molecule has 0 radical (unpaired) electrons. The number of hydrogen-bond acceptors (Lipinski definition) is 2. The predicted molar refractivity (Wildman–Crippen MR) is 66.0 cm³/mol. The van der Waals surface area contributed by atoms with Crippen molar-refractivity contribution in [3.05, 3.63) is 29.8 Å². The monoisotopic (exact) mass is 241 g/mol. The highest BCUT2D eigenvalue weighted by molar-refractivity contribution is 7.89. The first-order valence-electron chi connectivity index (χ1n) is 5.42. The molecule has 0 N–H and O–H groups in total. The smallest absolute Gasteiger partial charge is 0.207 e. The standard InChI is InChI=1S/C12H19NO2S/c1-5-10(2)11-6-8-12(9-7-11)16(14,15)13(3)4/h6-10H,5H2,1-4H3/t10-/m1/s1. The van der Waals surface area contributed by atoms with Gasteiger partial charge >= 0.3 is 0 Å². The van der Waals surface area contributed by atoms with Crippen molar-refractivity contribution in [1.29, 1.82) is 0 Å². The minimum Gasteiger partial charge on any atom is -0.207 e. The third kappa shape index (κ3) is 2.62. The second-order valence-corrected chi connectivity index (χ2v) is 6.32. The molecule has 0 heterocycles. The molecule has 0 aliphatic heterocycles. The lowest BCUT2D eigenvalue weighted by Crippen LogP contribution is -2.22. The molecule has 0 aromatic heterocycles. The maximum atomic E-state index is 11.8. The summed E-state index contributed by atoms with van der Waals surface area (Å²) in [5.74, 6) is 0.469. The van der Waals surface area contributed by atoms with Crippen LogP contribution in [0.1, 0.15) is 31.7 Å². The fourth-order valence-electron chi connectivity index (χ4n) is 1.41. The molecule has 1 aromatic carbocycles. The van der Waals surface area contributed by atoms with Crippen molar-refractivity contribution in [2.75, 3.05) is 14.1 Å². The quantitative estimate of drug-likeness (QED) is 0.812. The molecule has 0 spiro atoms. The fourth-order valence-corrected chi connectivity index (χ4v) is 2.32. The Morgan fingerprint density at radius 2 is 1.69 bits per heavy atom. The Morgan fingerprint density at radius 1 is 1.19 bits per heavy atom. The SMILES string of the molecule is CC[C@@H](C)c1ccc(S(=O)(=O)N(C)C)cc1. The number of rotatable bonds is 4. The van der Waals surface area contributed by atoms with Crippen LogP contribution in [0.3, 0.4) is 0 Å². The Hall–Kier alpha value is -0.870. The lowest BCUT2D eigenvalue weighted by atomic mass is 9.99. The Kier molecular flexibility index (Phi) is 4.10. The number of benzene rings is 1. The summed E-state index contributed by atoms with van der Waals surface area (Å²) in [6.07, 6.45) is 1.06. The Bertz CT molecular complexity index is 435. The maximum absolute atomic E-state index is 11.8. The molecule has 0 unspecified atom stereocenters. The Labute approximate surface area is 98.1 Å². The van der Waals surface area contributed by atoms with E-state index in [0.29, 0.717) is 10.8 Å². The second kappa shape index (κ2) is 4.97. The molecule has 90 valence electrons. The average Bonchev–Trinajstić information content (AvgIpc) is 2.28. The third-order valence-corrected chi connectivity index (χ3v) is 4.67. The molecule has 0 bridgehead atoms. The largest absolute Gasteiger partial charge is 0.242 e. The van der Waals surface area contributed by atoms with Crippen LogP contribution in [0.5, 0.6) is 0 Å². The van der Waals surface area contributed by atoms with Crippen molar-refractivity contribution >= 4 is 10.0 Å². The van der Waals surface area contributed by atoms with Crippen LogP contribution in [0.4, 0.5) is 0 Å². The van der Waals surface area contributed by atoms with Gasteiger partial charge in [-0.05, 0) is 30.0 Å². The minimum atomic E-state index is -3.29. The van der Waals surface area contributed by atoms with Gasteiger partial charge in [0.1, 0.15) is 0 Å². The zero-order valence-electron chi connectivity index (χ0n) is 10.3. The van der Waals surface area contributed by atoms with Gasteiger partial charge in [0.25, 0.3) is 0 Å². The van der Waals surface area contributed by atoms with Crippen molar-refractivity contribution in [1.82, 2.24) is 4.31 Å². The van der Waals surface area contributed by atoms with Crippen molar-refractivity contribution in [2.24, 2.45) is 0 Å². The molecule has 1 rings (SSSR count). The van der Waals surface area contributed by atoms with Crippen LogP contribution in [-0.4, -0.2) is 26.8 Å². The topological polar surface area (TPSA) is 37.4 Å². The van der Waals surface area contributed by atoms with Gasteiger partial charge in [0.15, 0.2) is 0 Å². The average molecular weight is 241 g/mol. The molecule has 0 aliphatic rings. The van der Waals surface area contributed by atoms with Crippen LogP contribution >= 0.6 is 0 Å².